The van der Waals surface area contributed by atoms with Crippen LogP contribution in [0.1, 0.15) is 62.0 Å². The van der Waals surface area contributed by atoms with Gasteiger partial charge in [0.2, 0.25) is 5.95 Å². The molecule has 3 fully saturated rings. The lowest BCUT2D eigenvalue weighted by molar-refractivity contribution is 0.0894. The van der Waals surface area contributed by atoms with Crippen molar-refractivity contribution in [2.75, 3.05) is 30.4 Å². The summed E-state index contributed by atoms with van der Waals surface area (Å²) in [5, 5.41) is 12.5. The quantitative estimate of drug-likeness (QED) is 0.765. The molecule has 0 bridgehead atoms. The number of nitrogens with one attached hydrogen (secondary N) is 1. The van der Waals surface area contributed by atoms with Crippen molar-refractivity contribution in [2.45, 2.75) is 62.9 Å². The number of nitriles is 1. The van der Waals surface area contributed by atoms with E-state index in [0.29, 0.717) is 29.5 Å². The standard InChI is InChI=1S/C24H29FN6/c1-30(21-6-4-12-31-11-3-2-5-22(21)31)23-9-10-27-24(29-23)28-20-13-17(15-26)18(14-19(20)25)16-7-8-16/h9-10,13-14,16,21-22H,2-8,11-12H2,1H3,(H,27,28,29)/t21-,22+/m0/s1. The maximum Gasteiger partial charge on any atom is 0.229 e. The Morgan fingerprint density at radius 1 is 1.16 bits per heavy atom. The number of benzene rings is 1. The number of rotatable bonds is 5. The Bertz CT molecular complexity index is 996. The van der Waals surface area contributed by atoms with Gasteiger partial charge in [0.25, 0.3) is 0 Å². The Morgan fingerprint density at radius 3 is 2.81 bits per heavy atom. The smallest absolute Gasteiger partial charge is 0.229 e. The molecule has 1 N–H and O–H groups in total. The van der Waals surface area contributed by atoms with Gasteiger partial charge in [0, 0.05) is 25.3 Å². The van der Waals surface area contributed by atoms with E-state index in [0.717, 1.165) is 30.6 Å². The van der Waals surface area contributed by atoms with Gasteiger partial charge in [-0.2, -0.15) is 10.2 Å². The first kappa shape index (κ1) is 20.2. The van der Waals surface area contributed by atoms with Crippen molar-refractivity contribution in [2.24, 2.45) is 0 Å². The Morgan fingerprint density at radius 2 is 2.00 bits per heavy atom. The Labute approximate surface area is 183 Å². The van der Waals surface area contributed by atoms with Crippen LogP contribution in [-0.2, 0) is 0 Å². The molecule has 2 aromatic rings. The number of fused-ring (bicyclic) bond motifs is 1. The minimum Gasteiger partial charge on any atom is -0.355 e. The van der Waals surface area contributed by atoms with E-state index in [1.165, 1.54) is 44.8 Å². The van der Waals surface area contributed by atoms with Crippen LogP contribution in [0.4, 0.5) is 21.8 Å². The van der Waals surface area contributed by atoms with Crippen LogP contribution in [0.3, 0.4) is 0 Å². The Kier molecular flexibility index (Phi) is 5.49. The SMILES string of the molecule is CN(c1ccnc(Nc2cc(C#N)c(C3CC3)cc2F)n1)[C@H]1CCCN2CCCC[C@H]12. The van der Waals surface area contributed by atoms with Gasteiger partial charge in [0.1, 0.15) is 11.6 Å². The molecule has 0 amide bonds. The molecule has 31 heavy (non-hydrogen) atoms. The zero-order chi connectivity index (χ0) is 21.4. The molecule has 1 aromatic heterocycles. The maximum atomic E-state index is 14.7. The molecular weight excluding hydrogens is 391 g/mol. The Balaban J connectivity index is 1.36. The van der Waals surface area contributed by atoms with Crippen LogP contribution in [0.5, 0.6) is 0 Å². The van der Waals surface area contributed by atoms with E-state index in [1.807, 2.05) is 6.07 Å². The number of aromatic nitrogens is 2. The minimum absolute atomic E-state index is 0.247. The number of anilines is 3. The molecule has 0 radical (unpaired) electrons. The third-order valence-electron chi connectivity index (χ3n) is 7.08. The van der Waals surface area contributed by atoms with E-state index in [2.05, 4.69) is 38.2 Å². The van der Waals surface area contributed by atoms with Crippen LogP contribution in [0, 0.1) is 17.1 Å². The lowest BCUT2D eigenvalue weighted by Crippen LogP contribution is -2.56. The third-order valence-corrected chi connectivity index (χ3v) is 7.08. The van der Waals surface area contributed by atoms with Crippen LogP contribution < -0.4 is 10.2 Å². The summed E-state index contributed by atoms with van der Waals surface area (Å²) in [7, 11) is 2.10. The van der Waals surface area contributed by atoms with Crippen molar-refractivity contribution in [3.05, 3.63) is 41.3 Å². The van der Waals surface area contributed by atoms with E-state index < -0.39 is 0 Å². The summed E-state index contributed by atoms with van der Waals surface area (Å²) >= 11 is 0. The molecule has 7 heteroatoms. The largest absolute Gasteiger partial charge is 0.355 e. The van der Waals surface area contributed by atoms with E-state index in [1.54, 1.807) is 12.3 Å². The second-order valence-electron chi connectivity index (χ2n) is 9.09. The number of piperidine rings is 2. The van der Waals surface area contributed by atoms with E-state index in [9.17, 15) is 9.65 Å². The van der Waals surface area contributed by atoms with Crippen LogP contribution in [-0.4, -0.2) is 47.1 Å². The number of halogens is 1. The average Bonchev–Trinajstić information content (AvgIpc) is 3.65. The molecule has 2 saturated heterocycles. The number of hydrogen-bond donors (Lipinski definition) is 1. The fourth-order valence-corrected chi connectivity index (χ4v) is 5.29. The molecule has 0 unspecified atom stereocenters. The highest BCUT2D eigenvalue weighted by Crippen LogP contribution is 2.43. The molecule has 0 spiro atoms. The van der Waals surface area contributed by atoms with Crippen molar-refractivity contribution in [1.82, 2.24) is 14.9 Å². The molecule has 1 aliphatic carbocycles. The molecule has 3 heterocycles. The van der Waals surface area contributed by atoms with Crippen molar-refractivity contribution >= 4 is 17.5 Å². The van der Waals surface area contributed by atoms with Crippen molar-refractivity contribution in [3.63, 3.8) is 0 Å². The summed E-state index contributed by atoms with van der Waals surface area (Å²) in [6.45, 7) is 2.39. The molecule has 2 aliphatic heterocycles. The summed E-state index contributed by atoms with van der Waals surface area (Å²) in [5.41, 5.74) is 1.59. The van der Waals surface area contributed by atoms with Gasteiger partial charge in [-0.15, -0.1) is 0 Å². The second-order valence-corrected chi connectivity index (χ2v) is 9.09. The van der Waals surface area contributed by atoms with Crippen molar-refractivity contribution in [1.29, 1.82) is 5.26 Å². The summed E-state index contributed by atoms with van der Waals surface area (Å²) in [6, 6.07) is 8.21. The normalized spacial score (nSPS) is 23.6. The molecule has 2 atom stereocenters. The first-order valence-electron chi connectivity index (χ1n) is 11.4. The van der Waals surface area contributed by atoms with Gasteiger partial charge in [-0.3, -0.25) is 4.90 Å². The van der Waals surface area contributed by atoms with Crippen molar-refractivity contribution < 1.29 is 4.39 Å². The first-order chi connectivity index (χ1) is 15.1. The summed E-state index contributed by atoms with van der Waals surface area (Å²) in [5.74, 6) is 1.14. The van der Waals surface area contributed by atoms with Gasteiger partial charge < -0.3 is 10.2 Å². The van der Waals surface area contributed by atoms with Gasteiger partial charge in [-0.25, -0.2) is 9.37 Å². The average molecular weight is 421 g/mol. The molecule has 1 saturated carbocycles. The predicted octanol–water partition coefficient (Wildman–Crippen LogP) is 4.56. The van der Waals surface area contributed by atoms with E-state index >= 15 is 0 Å². The van der Waals surface area contributed by atoms with Crippen LogP contribution in [0.2, 0.25) is 0 Å². The van der Waals surface area contributed by atoms with E-state index in [-0.39, 0.29) is 11.5 Å². The molecular formula is C24H29FN6. The maximum absolute atomic E-state index is 14.7. The van der Waals surface area contributed by atoms with Gasteiger partial charge in [-0.05, 0) is 81.3 Å². The summed E-state index contributed by atoms with van der Waals surface area (Å²) < 4.78 is 14.7. The first-order valence-corrected chi connectivity index (χ1v) is 11.4. The fourth-order valence-electron chi connectivity index (χ4n) is 5.29. The predicted molar refractivity (Wildman–Crippen MR) is 119 cm³/mol. The monoisotopic (exact) mass is 420 g/mol. The highest BCUT2D eigenvalue weighted by atomic mass is 19.1. The van der Waals surface area contributed by atoms with Crippen molar-refractivity contribution in [3.8, 4) is 6.07 Å². The zero-order valence-electron chi connectivity index (χ0n) is 18.0. The fraction of sp³-hybridized carbons (Fsp3) is 0.542. The zero-order valence-corrected chi connectivity index (χ0v) is 18.0. The molecule has 5 rings (SSSR count). The highest BCUT2D eigenvalue weighted by Gasteiger charge is 2.35. The number of hydrogen-bond acceptors (Lipinski definition) is 6. The van der Waals surface area contributed by atoms with Crippen LogP contribution in [0.15, 0.2) is 24.4 Å². The molecule has 162 valence electrons. The minimum atomic E-state index is -0.367. The van der Waals surface area contributed by atoms with Gasteiger partial charge >= 0.3 is 0 Å². The summed E-state index contributed by atoms with van der Waals surface area (Å²) in [6.07, 6.45) is 9.95. The van der Waals surface area contributed by atoms with Crippen LogP contribution in [0.25, 0.3) is 0 Å². The molecule has 1 aromatic carbocycles. The lowest BCUT2D eigenvalue weighted by atomic mass is 9.88. The van der Waals surface area contributed by atoms with Crippen LogP contribution >= 0.6 is 0 Å². The lowest BCUT2D eigenvalue weighted by Gasteiger charge is -2.47. The highest BCUT2D eigenvalue weighted by molar-refractivity contribution is 5.61. The molecule has 3 aliphatic rings. The topological polar surface area (TPSA) is 68.1 Å². The third kappa shape index (κ3) is 4.09. The second kappa shape index (κ2) is 8.43. The summed E-state index contributed by atoms with van der Waals surface area (Å²) in [4.78, 5) is 13.9. The van der Waals surface area contributed by atoms with Gasteiger partial charge in [0.15, 0.2) is 0 Å². The number of likely N-dealkylation sites (N-methyl/N-ethyl adjacent to an activating group) is 1. The van der Waals surface area contributed by atoms with E-state index in [4.69, 9.17) is 0 Å². The van der Waals surface area contributed by atoms with Gasteiger partial charge in [-0.1, -0.05) is 6.42 Å². The van der Waals surface area contributed by atoms with Gasteiger partial charge in [0.05, 0.1) is 17.3 Å². The Hall–Kier alpha value is -2.72. The molecule has 6 nitrogen and oxygen atoms in total. The number of nitrogens with zero attached hydrogens (tertiary/aromatic N) is 5.